The number of nitrogens with two attached hydrogens (primary N) is 2. The quantitative estimate of drug-likeness (QED) is 0.467. The van der Waals surface area contributed by atoms with E-state index in [9.17, 15) is 0 Å². The standard InChI is InChI=1S/C17H24N8O/c1-10(18)7-21-17-23-15(14-16(24-17)25(2)9-22-14)20-8-11-5-4-6-12(26-3)13(11)19/h4-6,9-10H,7-8,18-19H2,1-3H3,(H2,20,21,23,24). The molecule has 138 valence electrons. The highest BCUT2D eigenvalue weighted by Crippen LogP contribution is 2.26. The first-order chi connectivity index (χ1) is 12.5. The van der Waals surface area contributed by atoms with Gasteiger partial charge in [0.1, 0.15) is 5.75 Å². The second-order valence-corrected chi connectivity index (χ2v) is 6.17. The van der Waals surface area contributed by atoms with Crippen molar-refractivity contribution in [3.8, 4) is 5.75 Å². The zero-order valence-corrected chi connectivity index (χ0v) is 15.2. The van der Waals surface area contributed by atoms with Crippen molar-refractivity contribution in [3.05, 3.63) is 30.1 Å². The topological polar surface area (TPSA) is 129 Å². The smallest absolute Gasteiger partial charge is 0.226 e. The lowest BCUT2D eigenvalue weighted by atomic mass is 10.1. The van der Waals surface area contributed by atoms with E-state index < -0.39 is 0 Å². The third-order valence-corrected chi connectivity index (χ3v) is 3.96. The second kappa shape index (κ2) is 7.44. The van der Waals surface area contributed by atoms with Crippen molar-refractivity contribution in [2.75, 3.05) is 30.0 Å². The predicted octanol–water partition coefficient (Wildman–Crippen LogP) is 1.33. The fourth-order valence-electron chi connectivity index (χ4n) is 2.56. The Hall–Kier alpha value is -3.07. The van der Waals surface area contributed by atoms with Crippen molar-refractivity contribution < 1.29 is 4.74 Å². The van der Waals surface area contributed by atoms with Crippen LogP contribution in [0.5, 0.6) is 5.75 Å². The number of benzene rings is 1. The van der Waals surface area contributed by atoms with Crippen LogP contribution in [-0.2, 0) is 13.6 Å². The van der Waals surface area contributed by atoms with Crippen molar-refractivity contribution in [1.29, 1.82) is 0 Å². The third-order valence-electron chi connectivity index (χ3n) is 3.96. The molecule has 6 N–H and O–H groups in total. The van der Waals surface area contributed by atoms with Gasteiger partial charge in [-0.05, 0) is 18.6 Å². The second-order valence-electron chi connectivity index (χ2n) is 6.17. The van der Waals surface area contributed by atoms with Crippen molar-refractivity contribution in [2.45, 2.75) is 19.5 Å². The molecule has 9 heteroatoms. The van der Waals surface area contributed by atoms with Gasteiger partial charge in [-0.15, -0.1) is 0 Å². The van der Waals surface area contributed by atoms with E-state index >= 15 is 0 Å². The molecule has 0 saturated carbocycles. The van der Waals surface area contributed by atoms with Crippen LogP contribution in [0.4, 0.5) is 17.5 Å². The van der Waals surface area contributed by atoms with Crippen LogP contribution in [0.15, 0.2) is 24.5 Å². The van der Waals surface area contributed by atoms with Crippen molar-refractivity contribution in [3.63, 3.8) is 0 Å². The molecule has 0 amide bonds. The summed E-state index contributed by atoms with van der Waals surface area (Å²) in [7, 11) is 3.49. The lowest BCUT2D eigenvalue weighted by Gasteiger charge is -2.13. The van der Waals surface area contributed by atoms with Gasteiger partial charge in [-0.2, -0.15) is 9.97 Å². The molecule has 0 aliphatic rings. The van der Waals surface area contributed by atoms with Gasteiger partial charge in [0.05, 0.1) is 19.1 Å². The molecule has 26 heavy (non-hydrogen) atoms. The summed E-state index contributed by atoms with van der Waals surface area (Å²) >= 11 is 0. The maximum Gasteiger partial charge on any atom is 0.226 e. The van der Waals surface area contributed by atoms with Crippen LogP contribution >= 0.6 is 0 Å². The number of fused-ring (bicyclic) bond motifs is 1. The zero-order chi connectivity index (χ0) is 18.7. The molecule has 2 aromatic heterocycles. The van der Waals surface area contributed by atoms with E-state index in [-0.39, 0.29) is 6.04 Å². The summed E-state index contributed by atoms with van der Waals surface area (Å²) in [5.41, 5.74) is 14.9. The molecule has 9 nitrogen and oxygen atoms in total. The number of anilines is 3. The van der Waals surface area contributed by atoms with Crippen LogP contribution in [0.2, 0.25) is 0 Å². The predicted molar refractivity (Wildman–Crippen MR) is 103 cm³/mol. The van der Waals surface area contributed by atoms with E-state index in [1.165, 1.54) is 0 Å². The minimum atomic E-state index is -0.00572. The summed E-state index contributed by atoms with van der Waals surface area (Å²) in [6.45, 7) is 2.98. The Morgan fingerprint density at radius 1 is 1.27 bits per heavy atom. The molecule has 0 bridgehead atoms. The Morgan fingerprint density at radius 2 is 2.08 bits per heavy atom. The molecular formula is C17H24N8O. The van der Waals surface area contributed by atoms with Crippen LogP contribution in [0, 0.1) is 0 Å². The maximum absolute atomic E-state index is 6.14. The SMILES string of the molecule is COc1cccc(CNc2nc(NCC(C)N)nc3c2ncn3C)c1N. The summed E-state index contributed by atoms with van der Waals surface area (Å²) in [5, 5.41) is 6.45. The number of nitrogen functional groups attached to an aromatic ring is 1. The van der Waals surface area contributed by atoms with E-state index in [0.717, 1.165) is 11.2 Å². The highest BCUT2D eigenvalue weighted by molar-refractivity contribution is 5.84. The number of nitrogens with zero attached hydrogens (tertiary/aromatic N) is 4. The molecule has 0 radical (unpaired) electrons. The van der Waals surface area contributed by atoms with Crippen LogP contribution in [0.25, 0.3) is 11.2 Å². The van der Waals surface area contributed by atoms with E-state index in [4.69, 9.17) is 16.2 Å². The van der Waals surface area contributed by atoms with Gasteiger partial charge in [-0.25, -0.2) is 4.98 Å². The van der Waals surface area contributed by atoms with E-state index in [1.807, 2.05) is 36.7 Å². The number of hydrogen-bond donors (Lipinski definition) is 4. The number of imidazole rings is 1. The van der Waals surface area contributed by atoms with Crippen molar-refractivity contribution >= 4 is 28.6 Å². The van der Waals surface area contributed by atoms with Gasteiger partial charge >= 0.3 is 0 Å². The Kier molecular flexibility index (Phi) is 5.08. The lowest BCUT2D eigenvalue weighted by Crippen LogP contribution is -2.26. The molecule has 3 rings (SSSR count). The molecular weight excluding hydrogens is 332 g/mol. The zero-order valence-electron chi connectivity index (χ0n) is 15.2. The molecule has 0 aliphatic carbocycles. The van der Waals surface area contributed by atoms with E-state index in [2.05, 4.69) is 25.6 Å². The Balaban J connectivity index is 1.89. The maximum atomic E-state index is 6.14. The minimum absolute atomic E-state index is 0.00572. The molecule has 1 unspecified atom stereocenters. The fraction of sp³-hybridized carbons (Fsp3) is 0.353. The number of rotatable bonds is 7. The number of hydrogen-bond acceptors (Lipinski definition) is 8. The monoisotopic (exact) mass is 356 g/mol. The molecule has 2 heterocycles. The van der Waals surface area contributed by atoms with Gasteiger partial charge in [0.2, 0.25) is 5.95 Å². The molecule has 0 fully saturated rings. The van der Waals surface area contributed by atoms with Crippen LogP contribution in [0.1, 0.15) is 12.5 Å². The highest BCUT2D eigenvalue weighted by atomic mass is 16.5. The first-order valence-corrected chi connectivity index (χ1v) is 8.33. The number of ether oxygens (including phenoxy) is 1. The summed E-state index contributed by atoms with van der Waals surface area (Å²) in [4.78, 5) is 13.4. The van der Waals surface area contributed by atoms with Crippen molar-refractivity contribution in [1.82, 2.24) is 19.5 Å². The van der Waals surface area contributed by atoms with Gasteiger partial charge in [-0.3, -0.25) is 0 Å². The summed E-state index contributed by atoms with van der Waals surface area (Å²) in [6.07, 6.45) is 1.71. The largest absolute Gasteiger partial charge is 0.495 e. The van der Waals surface area contributed by atoms with Gasteiger partial charge in [-0.1, -0.05) is 12.1 Å². The number of methoxy groups -OCH3 is 1. The summed E-state index contributed by atoms with van der Waals surface area (Å²) in [5.74, 6) is 1.78. The molecule has 0 spiro atoms. The number of para-hydroxylation sites is 1. The average Bonchev–Trinajstić information content (AvgIpc) is 3.00. The number of aromatic nitrogens is 4. The average molecular weight is 356 g/mol. The van der Waals surface area contributed by atoms with Crippen LogP contribution < -0.4 is 26.8 Å². The van der Waals surface area contributed by atoms with Gasteiger partial charge in [0.25, 0.3) is 0 Å². The minimum Gasteiger partial charge on any atom is -0.495 e. The van der Waals surface area contributed by atoms with E-state index in [0.29, 0.717) is 41.8 Å². The molecule has 1 atom stereocenters. The van der Waals surface area contributed by atoms with Gasteiger partial charge in [0, 0.05) is 26.2 Å². The van der Waals surface area contributed by atoms with E-state index in [1.54, 1.807) is 13.4 Å². The molecule has 0 aliphatic heterocycles. The van der Waals surface area contributed by atoms with Crippen LogP contribution in [0.3, 0.4) is 0 Å². The molecule has 3 aromatic rings. The summed E-state index contributed by atoms with van der Waals surface area (Å²) < 4.78 is 7.12. The molecule has 0 saturated heterocycles. The van der Waals surface area contributed by atoms with Gasteiger partial charge in [0.15, 0.2) is 17.0 Å². The Bertz CT molecular complexity index is 905. The van der Waals surface area contributed by atoms with Crippen LogP contribution in [-0.4, -0.2) is 39.2 Å². The normalized spacial score (nSPS) is 12.2. The Labute approximate surface area is 151 Å². The number of aryl methyl sites for hydroxylation is 1. The molecule has 1 aromatic carbocycles. The Morgan fingerprint density at radius 3 is 2.81 bits per heavy atom. The fourth-order valence-corrected chi connectivity index (χ4v) is 2.56. The lowest BCUT2D eigenvalue weighted by molar-refractivity contribution is 0.416. The first-order valence-electron chi connectivity index (χ1n) is 8.33. The first kappa shape index (κ1) is 17.7. The van der Waals surface area contributed by atoms with Crippen molar-refractivity contribution in [2.24, 2.45) is 12.8 Å². The number of nitrogens with one attached hydrogen (secondary N) is 2. The summed E-state index contributed by atoms with van der Waals surface area (Å²) in [6, 6.07) is 5.67. The third kappa shape index (κ3) is 3.62. The highest BCUT2D eigenvalue weighted by Gasteiger charge is 2.13. The van der Waals surface area contributed by atoms with Gasteiger partial charge < -0.3 is 31.4 Å².